The van der Waals surface area contributed by atoms with Gasteiger partial charge in [0.05, 0.1) is 24.9 Å². The number of carbonyl (C=O) groups excluding carboxylic acids is 1. The number of hydrogen-bond acceptors (Lipinski definition) is 6. The Balaban J connectivity index is 1.54. The lowest BCUT2D eigenvalue weighted by atomic mass is 9.98. The zero-order valence-electron chi connectivity index (χ0n) is 18.4. The van der Waals surface area contributed by atoms with Crippen LogP contribution in [0.3, 0.4) is 0 Å². The van der Waals surface area contributed by atoms with Gasteiger partial charge in [0.2, 0.25) is 0 Å². The van der Waals surface area contributed by atoms with Crippen LogP contribution < -0.4 is 0 Å². The molecule has 3 aromatic carbocycles. The summed E-state index contributed by atoms with van der Waals surface area (Å²) in [4.78, 5) is 12.8. The molecule has 1 fully saturated rings. The summed E-state index contributed by atoms with van der Waals surface area (Å²) in [6, 6.07) is 28.1. The monoisotopic (exact) mass is 448 g/mol. The summed E-state index contributed by atoms with van der Waals surface area (Å²) in [6.45, 7) is 2.42. The van der Waals surface area contributed by atoms with Gasteiger partial charge < -0.3 is 24.1 Å². The van der Waals surface area contributed by atoms with Crippen molar-refractivity contribution in [3.8, 4) is 0 Å². The van der Waals surface area contributed by atoms with Crippen molar-refractivity contribution in [2.75, 3.05) is 0 Å². The molecule has 33 heavy (non-hydrogen) atoms. The quantitative estimate of drug-likeness (QED) is 0.523. The van der Waals surface area contributed by atoms with Crippen molar-refractivity contribution >= 4 is 5.97 Å². The molecule has 1 N–H and O–H groups in total. The highest BCUT2D eigenvalue weighted by Gasteiger charge is 2.47. The van der Waals surface area contributed by atoms with E-state index in [0.29, 0.717) is 12.2 Å². The first kappa shape index (κ1) is 23.1. The van der Waals surface area contributed by atoms with Gasteiger partial charge in [-0.05, 0) is 30.2 Å². The summed E-state index contributed by atoms with van der Waals surface area (Å²) in [5.41, 5.74) is 2.34. The van der Waals surface area contributed by atoms with Crippen molar-refractivity contribution in [3.05, 3.63) is 108 Å². The number of esters is 1. The van der Waals surface area contributed by atoms with Crippen molar-refractivity contribution in [2.24, 2.45) is 0 Å². The van der Waals surface area contributed by atoms with Crippen LogP contribution in [0.5, 0.6) is 0 Å². The Hall–Kier alpha value is -3.03. The predicted molar refractivity (Wildman–Crippen MR) is 122 cm³/mol. The molecule has 1 aliphatic rings. The van der Waals surface area contributed by atoms with E-state index in [0.717, 1.165) is 11.1 Å². The van der Waals surface area contributed by atoms with E-state index in [9.17, 15) is 9.90 Å². The second-order valence-corrected chi connectivity index (χ2v) is 7.99. The van der Waals surface area contributed by atoms with Crippen LogP contribution in [0.25, 0.3) is 0 Å². The summed E-state index contributed by atoms with van der Waals surface area (Å²) in [6.07, 6.45) is -4.18. The van der Waals surface area contributed by atoms with E-state index in [2.05, 4.69) is 0 Å². The minimum atomic E-state index is -1.34. The van der Waals surface area contributed by atoms with Gasteiger partial charge in [-0.15, -0.1) is 0 Å². The van der Waals surface area contributed by atoms with Gasteiger partial charge in [-0.1, -0.05) is 78.9 Å². The van der Waals surface area contributed by atoms with Gasteiger partial charge in [-0.2, -0.15) is 0 Å². The summed E-state index contributed by atoms with van der Waals surface area (Å²) in [5.74, 6) is -0.562. The molecule has 1 saturated heterocycles. The number of aliphatic hydroxyl groups excluding tert-OH is 1. The van der Waals surface area contributed by atoms with Gasteiger partial charge in [0.1, 0.15) is 12.2 Å². The maximum atomic E-state index is 12.8. The van der Waals surface area contributed by atoms with E-state index in [-0.39, 0.29) is 6.61 Å². The Morgan fingerprint density at radius 3 is 1.79 bits per heavy atom. The molecule has 1 heterocycles. The summed E-state index contributed by atoms with van der Waals surface area (Å²) in [7, 11) is 0. The fourth-order valence-corrected chi connectivity index (χ4v) is 3.84. The van der Waals surface area contributed by atoms with E-state index < -0.39 is 36.7 Å². The highest BCUT2D eigenvalue weighted by molar-refractivity contribution is 5.89. The number of rotatable bonds is 8. The number of aliphatic hydroxyl groups is 1. The zero-order valence-corrected chi connectivity index (χ0v) is 18.4. The molecule has 0 aliphatic carbocycles. The molecule has 5 atom stereocenters. The van der Waals surface area contributed by atoms with Crippen molar-refractivity contribution in [2.45, 2.75) is 50.8 Å². The zero-order chi connectivity index (χ0) is 23.0. The maximum absolute atomic E-state index is 12.8. The van der Waals surface area contributed by atoms with Crippen LogP contribution in [0.4, 0.5) is 0 Å². The molecule has 6 heteroatoms. The number of benzene rings is 3. The van der Waals surface area contributed by atoms with Gasteiger partial charge in [-0.3, -0.25) is 0 Å². The average Bonchev–Trinajstić information content (AvgIpc) is 2.85. The Bertz CT molecular complexity index is 995. The minimum absolute atomic E-state index is 0.273. The third-order valence-corrected chi connectivity index (χ3v) is 5.57. The minimum Gasteiger partial charge on any atom is -0.450 e. The second kappa shape index (κ2) is 11.2. The highest BCUT2D eigenvalue weighted by Crippen LogP contribution is 2.29. The molecule has 1 unspecified atom stereocenters. The Kier molecular flexibility index (Phi) is 7.86. The topological polar surface area (TPSA) is 74.2 Å². The fraction of sp³-hybridized carbons (Fsp3) is 0.296. The average molecular weight is 449 g/mol. The lowest BCUT2D eigenvalue weighted by molar-refractivity contribution is -0.296. The molecule has 0 aromatic heterocycles. The summed E-state index contributed by atoms with van der Waals surface area (Å²) in [5, 5.41) is 10.7. The highest BCUT2D eigenvalue weighted by atomic mass is 16.7. The van der Waals surface area contributed by atoms with E-state index in [1.54, 1.807) is 24.3 Å². The van der Waals surface area contributed by atoms with E-state index in [1.807, 2.05) is 73.7 Å². The van der Waals surface area contributed by atoms with Gasteiger partial charge >= 0.3 is 5.97 Å². The molecular weight excluding hydrogens is 420 g/mol. The molecule has 6 nitrogen and oxygen atoms in total. The van der Waals surface area contributed by atoms with Crippen LogP contribution in [-0.4, -0.2) is 41.8 Å². The Morgan fingerprint density at radius 1 is 0.758 bits per heavy atom. The van der Waals surface area contributed by atoms with Crippen LogP contribution >= 0.6 is 0 Å². The smallest absolute Gasteiger partial charge is 0.338 e. The molecule has 0 amide bonds. The number of hydrogen-bond donors (Lipinski definition) is 1. The maximum Gasteiger partial charge on any atom is 0.338 e. The van der Waals surface area contributed by atoms with E-state index in [4.69, 9.17) is 18.9 Å². The van der Waals surface area contributed by atoms with Crippen LogP contribution in [-0.2, 0) is 32.2 Å². The molecular formula is C27H28O6. The summed E-state index contributed by atoms with van der Waals surface area (Å²) < 4.78 is 23.8. The van der Waals surface area contributed by atoms with Crippen molar-refractivity contribution in [1.82, 2.24) is 0 Å². The van der Waals surface area contributed by atoms with Crippen molar-refractivity contribution < 1.29 is 28.8 Å². The molecule has 0 radical (unpaired) electrons. The van der Waals surface area contributed by atoms with Gasteiger partial charge in [0, 0.05) is 0 Å². The first-order chi connectivity index (χ1) is 16.1. The van der Waals surface area contributed by atoms with Gasteiger partial charge in [-0.25, -0.2) is 4.79 Å². The van der Waals surface area contributed by atoms with Crippen LogP contribution in [0, 0.1) is 0 Å². The van der Waals surface area contributed by atoms with Crippen molar-refractivity contribution in [1.29, 1.82) is 0 Å². The second-order valence-electron chi connectivity index (χ2n) is 7.99. The first-order valence-corrected chi connectivity index (χ1v) is 11.0. The van der Waals surface area contributed by atoms with Gasteiger partial charge in [0.25, 0.3) is 0 Å². The van der Waals surface area contributed by atoms with Crippen LogP contribution in [0.2, 0.25) is 0 Å². The molecule has 0 spiro atoms. The molecule has 1 aliphatic heterocycles. The van der Waals surface area contributed by atoms with Crippen LogP contribution in [0.1, 0.15) is 28.4 Å². The molecule has 0 bridgehead atoms. The molecule has 3 aromatic rings. The van der Waals surface area contributed by atoms with E-state index >= 15 is 0 Å². The Labute approximate surface area is 193 Å². The number of carbonyl (C=O) groups is 1. The first-order valence-electron chi connectivity index (χ1n) is 11.0. The molecule has 0 saturated carbocycles. The van der Waals surface area contributed by atoms with E-state index in [1.165, 1.54) is 0 Å². The SMILES string of the molecule is C[C@H]1OC(O)[C@H](OC(=O)c2ccccc2)[C@@H](OCc2ccccc2)[C@H]1OCc1ccccc1. The lowest BCUT2D eigenvalue weighted by Crippen LogP contribution is -2.59. The lowest BCUT2D eigenvalue weighted by Gasteiger charge is -2.43. The Morgan fingerprint density at radius 2 is 1.24 bits per heavy atom. The third-order valence-electron chi connectivity index (χ3n) is 5.57. The predicted octanol–water partition coefficient (Wildman–Crippen LogP) is 4.12. The number of ether oxygens (including phenoxy) is 4. The summed E-state index contributed by atoms with van der Waals surface area (Å²) >= 11 is 0. The van der Waals surface area contributed by atoms with Gasteiger partial charge in [0.15, 0.2) is 12.4 Å². The normalized spacial score (nSPS) is 24.8. The molecule has 4 rings (SSSR count). The fourth-order valence-electron chi connectivity index (χ4n) is 3.84. The van der Waals surface area contributed by atoms with Crippen LogP contribution in [0.15, 0.2) is 91.0 Å². The van der Waals surface area contributed by atoms with Crippen molar-refractivity contribution in [3.63, 3.8) is 0 Å². The third kappa shape index (κ3) is 6.06. The molecule has 172 valence electrons. The largest absolute Gasteiger partial charge is 0.450 e. The standard InChI is InChI=1S/C27H28O6/c1-19-23(30-17-20-11-5-2-6-12-20)24(31-18-21-13-7-3-8-14-21)25(27(29)32-19)33-26(28)22-15-9-4-10-16-22/h2-16,19,23-25,27,29H,17-18H2,1H3/t19-,23+,24+,25-,27?/m1/s1.